The molecule has 2 fully saturated rings. The summed E-state index contributed by atoms with van der Waals surface area (Å²) in [5.74, 6) is 3.22. The normalized spacial score (nSPS) is 19.6. The number of nitrogens with zero attached hydrogens (tertiary/aromatic N) is 2. The van der Waals surface area contributed by atoms with Crippen molar-refractivity contribution < 1.29 is 4.74 Å². The van der Waals surface area contributed by atoms with Crippen LogP contribution in [0.4, 0.5) is 5.82 Å². The summed E-state index contributed by atoms with van der Waals surface area (Å²) in [5, 5.41) is 3.35. The van der Waals surface area contributed by atoms with Gasteiger partial charge in [0.1, 0.15) is 17.7 Å². The van der Waals surface area contributed by atoms with Crippen molar-refractivity contribution in [3.63, 3.8) is 0 Å². The third-order valence-corrected chi connectivity index (χ3v) is 3.81. The van der Waals surface area contributed by atoms with Crippen LogP contribution in [0.5, 0.6) is 5.88 Å². The number of hydrogen-bond acceptors (Lipinski definition) is 4. The predicted molar refractivity (Wildman–Crippen MR) is 75.7 cm³/mol. The van der Waals surface area contributed by atoms with Gasteiger partial charge in [-0.25, -0.2) is 4.98 Å². The molecule has 1 aromatic rings. The van der Waals surface area contributed by atoms with Gasteiger partial charge in [-0.1, -0.05) is 6.92 Å². The van der Waals surface area contributed by atoms with Crippen LogP contribution < -0.4 is 10.1 Å². The number of rotatable bonds is 6. The second-order valence-electron chi connectivity index (χ2n) is 5.67. The molecule has 0 spiro atoms. The fourth-order valence-corrected chi connectivity index (χ4v) is 2.55. The minimum absolute atomic E-state index is 0.362. The molecule has 2 aliphatic rings. The van der Waals surface area contributed by atoms with E-state index >= 15 is 0 Å². The van der Waals surface area contributed by atoms with Gasteiger partial charge in [0, 0.05) is 18.5 Å². The molecular weight excluding hydrogens is 238 g/mol. The van der Waals surface area contributed by atoms with Gasteiger partial charge in [0.05, 0.1) is 0 Å². The molecule has 0 atom stereocenters. The van der Waals surface area contributed by atoms with Crippen LogP contribution in [0.2, 0.25) is 0 Å². The minimum atomic E-state index is 0.362. The molecule has 2 aliphatic carbocycles. The average molecular weight is 261 g/mol. The molecule has 0 aromatic carbocycles. The maximum absolute atomic E-state index is 6.02. The van der Waals surface area contributed by atoms with E-state index in [1.807, 2.05) is 6.07 Å². The summed E-state index contributed by atoms with van der Waals surface area (Å²) in [6, 6.07) is 1.96. The second-order valence-corrected chi connectivity index (χ2v) is 5.67. The Kier molecular flexibility index (Phi) is 3.85. The first-order chi connectivity index (χ1) is 9.35. The third kappa shape index (κ3) is 3.37. The van der Waals surface area contributed by atoms with Crippen molar-refractivity contribution in [1.82, 2.24) is 9.97 Å². The van der Waals surface area contributed by atoms with E-state index in [2.05, 4.69) is 22.2 Å². The topological polar surface area (TPSA) is 47.0 Å². The lowest BCUT2D eigenvalue weighted by Gasteiger charge is -2.14. The molecule has 4 heteroatoms. The molecule has 19 heavy (non-hydrogen) atoms. The quantitative estimate of drug-likeness (QED) is 0.851. The number of aromatic nitrogens is 2. The summed E-state index contributed by atoms with van der Waals surface area (Å²) in [7, 11) is 0. The SMILES string of the molecule is CCCNc1cc(OC2CCCC2)nc(C2CC2)n1. The fraction of sp³-hybridized carbons (Fsp3) is 0.733. The van der Waals surface area contributed by atoms with Crippen molar-refractivity contribution in [2.75, 3.05) is 11.9 Å². The molecule has 0 unspecified atom stereocenters. The summed E-state index contributed by atoms with van der Waals surface area (Å²) in [5.41, 5.74) is 0. The van der Waals surface area contributed by atoms with Gasteiger partial charge in [0.25, 0.3) is 0 Å². The Morgan fingerprint density at radius 3 is 2.68 bits per heavy atom. The van der Waals surface area contributed by atoms with Crippen molar-refractivity contribution in [2.24, 2.45) is 0 Å². The number of hydrogen-bond donors (Lipinski definition) is 1. The Balaban J connectivity index is 1.74. The largest absolute Gasteiger partial charge is 0.474 e. The second kappa shape index (κ2) is 5.76. The van der Waals surface area contributed by atoms with E-state index in [4.69, 9.17) is 4.74 Å². The van der Waals surface area contributed by atoms with E-state index in [9.17, 15) is 0 Å². The molecule has 1 heterocycles. The van der Waals surface area contributed by atoms with Gasteiger partial charge < -0.3 is 10.1 Å². The zero-order chi connectivity index (χ0) is 13.1. The van der Waals surface area contributed by atoms with Crippen LogP contribution in [0.3, 0.4) is 0 Å². The highest BCUT2D eigenvalue weighted by molar-refractivity contribution is 5.39. The standard InChI is InChI=1S/C15H23N3O/c1-2-9-16-13-10-14(19-12-5-3-4-6-12)18-15(17-13)11-7-8-11/h10-12H,2-9H2,1H3,(H,16,17,18). The Morgan fingerprint density at radius 1 is 1.21 bits per heavy atom. The van der Waals surface area contributed by atoms with Crippen molar-refractivity contribution in [3.05, 3.63) is 11.9 Å². The maximum atomic E-state index is 6.02. The molecular formula is C15H23N3O. The molecule has 2 saturated carbocycles. The van der Waals surface area contributed by atoms with Crippen LogP contribution >= 0.6 is 0 Å². The van der Waals surface area contributed by atoms with E-state index < -0.39 is 0 Å². The van der Waals surface area contributed by atoms with Crippen LogP contribution in [-0.4, -0.2) is 22.6 Å². The third-order valence-electron chi connectivity index (χ3n) is 3.81. The highest BCUT2D eigenvalue weighted by Crippen LogP contribution is 2.39. The lowest BCUT2D eigenvalue weighted by molar-refractivity contribution is 0.200. The highest BCUT2D eigenvalue weighted by Gasteiger charge is 2.28. The highest BCUT2D eigenvalue weighted by atomic mass is 16.5. The lowest BCUT2D eigenvalue weighted by Crippen LogP contribution is -2.13. The molecule has 0 aliphatic heterocycles. The van der Waals surface area contributed by atoms with Gasteiger partial charge >= 0.3 is 0 Å². The molecule has 1 aromatic heterocycles. The summed E-state index contributed by atoms with van der Waals surface area (Å²) >= 11 is 0. The van der Waals surface area contributed by atoms with Crippen molar-refractivity contribution in [3.8, 4) is 5.88 Å². The summed E-state index contributed by atoms with van der Waals surface area (Å²) < 4.78 is 6.02. The fourth-order valence-electron chi connectivity index (χ4n) is 2.55. The van der Waals surface area contributed by atoms with Crippen LogP contribution in [0.15, 0.2) is 6.07 Å². The smallest absolute Gasteiger partial charge is 0.219 e. The van der Waals surface area contributed by atoms with Gasteiger partial charge in [-0.15, -0.1) is 0 Å². The van der Waals surface area contributed by atoms with E-state index in [1.54, 1.807) is 0 Å². The summed E-state index contributed by atoms with van der Waals surface area (Å²) in [6.45, 7) is 3.11. The lowest BCUT2D eigenvalue weighted by atomic mass is 10.3. The van der Waals surface area contributed by atoms with E-state index in [0.29, 0.717) is 12.0 Å². The Morgan fingerprint density at radius 2 is 2.00 bits per heavy atom. The van der Waals surface area contributed by atoms with E-state index in [-0.39, 0.29) is 0 Å². The molecule has 3 rings (SSSR count). The first-order valence-electron chi connectivity index (χ1n) is 7.64. The predicted octanol–water partition coefficient (Wildman–Crippen LogP) is 3.50. The van der Waals surface area contributed by atoms with Gasteiger partial charge in [-0.2, -0.15) is 4.98 Å². The molecule has 0 saturated heterocycles. The van der Waals surface area contributed by atoms with Crippen LogP contribution in [0.25, 0.3) is 0 Å². The van der Waals surface area contributed by atoms with Crippen molar-refractivity contribution in [2.45, 2.75) is 63.9 Å². The Hall–Kier alpha value is -1.32. The molecule has 0 radical (unpaired) electrons. The van der Waals surface area contributed by atoms with Crippen LogP contribution in [0, 0.1) is 0 Å². The van der Waals surface area contributed by atoms with Crippen molar-refractivity contribution in [1.29, 1.82) is 0 Å². The van der Waals surface area contributed by atoms with E-state index in [1.165, 1.54) is 38.5 Å². The number of anilines is 1. The molecule has 0 amide bonds. The van der Waals surface area contributed by atoms with Gasteiger partial charge in [0.2, 0.25) is 5.88 Å². The minimum Gasteiger partial charge on any atom is -0.474 e. The van der Waals surface area contributed by atoms with Crippen molar-refractivity contribution >= 4 is 5.82 Å². The van der Waals surface area contributed by atoms with E-state index in [0.717, 1.165) is 30.5 Å². The molecule has 0 bridgehead atoms. The summed E-state index contributed by atoms with van der Waals surface area (Å²) in [4.78, 5) is 9.20. The van der Waals surface area contributed by atoms with Gasteiger partial charge in [0.15, 0.2) is 0 Å². The molecule has 4 nitrogen and oxygen atoms in total. The zero-order valence-electron chi connectivity index (χ0n) is 11.7. The molecule has 1 N–H and O–H groups in total. The Bertz CT molecular complexity index is 425. The first-order valence-corrected chi connectivity index (χ1v) is 7.64. The summed E-state index contributed by atoms with van der Waals surface area (Å²) in [6.07, 6.45) is 8.81. The monoisotopic (exact) mass is 261 g/mol. The first kappa shape index (κ1) is 12.7. The van der Waals surface area contributed by atoms with Gasteiger partial charge in [-0.3, -0.25) is 0 Å². The molecule has 104 valence electrons. The van der Waals surface area contributed by atoms with Crippen LogP contribution in [0.1, 0.15) is 63.6 Å². The number of nitrogens with one attached hydrogen (secondary N) is 1. The van der Waals surface area contributed by atoms with Gasteiger partial charge in [-0.05, 0) is 44.9 Å². The Labute approximate surface area is 115 Å². The zero-order valence-corrected chi connectivity index (χ0v) is 11.7. The maximum Gasteiger partial charge on any atom is 0.219 e. The number of ether oxygens (including phenoxy) is 1. The van der Waals surface area contributed by atoms with Crippen LogP contribution in [-0.2, 0) is 0 Å². The average Bonchev–Trinajstić information content (AvgIpc) is 3.16.